The lowest BCUT2D eigenvalue weighted by Crippen LogP contribution is -2.33. The Morgan fingerprint density at radius 3 is 2.40 bits per heavy atom. The zero-order chi connectivity index (χ0) is 11.3. The first kappa shape index (κ1) is 12.5. The van der Waals surface area contributed by atoms with Crippen molar-refractivity contribution in [3.05, 3.63) is 34.9 Å². The summed E-state index contributed by atoms with van der Waals surface area (Å²) in [6.45, 7) is 4.32. The van der Waals surface area contributed by atoms with Crippen molar-refractivity contribution in [2.45, 2.75) is 32.4 Å². The molecule has 2 N–H and O–H groups in total. The summed E-state index contributed by atoms with van der Waals surface area (Å²) in [7, 11) is 0. The summed E-state index contributed by atoms with van der Waals surface area (Å²) >= 11 is 5.82. The Kier molecular flexibility index (Phi) is 5.09. The third kappa shape index (κ3) is 3.82. The Morgan fingerprint density at radius 2 is 1.93 bits per heavy atom. The van der Waals surface area contributed by atoms with Crippen molar-refractivity contribution in [3.8, 4) is 0 Å². The smallest absolute Gasteiger partial charge is 0.0584 e. The zero-order valence-electron chi connectivity index (χ0n) is 9.20. The van der Waals surface area contributed by atoms with E-state index in [1.165, 1.54) is 5.56 Å². The van der Waals surface area contributed by atoms with Crippen molar-refractivity contribution >= 4 is 11.6 Å². The molecule has 2 nitrogen and oxygen atoms in total. The number of aliphatic hydroxyl groups is 1. The van der Waals surface area contributed by atoms with Crippen LogP contribution in [-0.4, -0.2) is 17.8 Å². The average molecular weight is 228 g/mol. The molecule has 1 rings (SSSR count). The fourth-order valence-electron chi connectivity index (χ4n) is 1.50. The molecule has 2 atom stereocenters. The zero-order valence-corrected chi connectivity index (χ0v) is 9.96. The van der Waals surface area contributed by atoms with Crippen LogP contribution in [0.1, 0.15) is 31.9 Å². The van der Waals surface area contributed by atoms with Crippen LogP contribution in [0.3, 0.4) is 0 Å². The SMILES string of the molecule is CC[C@@H](CO)N[C@@H](C)c1ccc(Cl)cc1. The highest BCUT2D eigenvalue weighted by atomic mass is 35.5. The number of rotatable bonds is 5. The van der Waals surface area contributed by atoms with Crippen molar-refractivity contribution in [1.29, 1.82) is 0 Å². The second kappa shape index (κ2) is 6.11. The van der Waals surface area contributed by atoms with Gasteiger partial charge in [0.2, 0.25) is 0 Å². The van der Waals surface area contributed by atoms with Gasteiger partial charge in [0.25, 0.3) is 0 Å². The van der Waals surface area contributed by atoms with Crippen molar-refractivity contribution in [1.82, 2.24) is 5.32 Å². The van der Waals surface area contributed by atoms with Gasteiger partial charge in [-0.05, 0) is 31.0 Å². The average Bonchev–Trinajstić information content (AvgIpc) is 2.26. The van der Waals surface area contributed by atoms with Crippen LogP contribution in [0.2, 0.25) is 5.02 Å². The van der Waals surface area contributed by atoms with Gasteiger partial charge in [-0.3, -0.25) is 0 Å². The van der Waals surface area contributed by atoms with E-state index in [9.17, 15) is 0 Å². The van der Waals surface area contributed by atoms with Crippen LogP contribution >= 0.6 is 11.6 Å². The summed E-state index contributed by atoms with van der Waals surface area (Å²) < 4.78 is 0. The fraction of sp³-hybridized carbons (Fsp3) is 0.500. The summed E-state index contributed by atoms with van der Waals surface area (Å²) in [6, 6.07) is 8.17. The number of aliphatic hydroxyl groups excluding tert-OH is 1. The Morgan fingerprint density at radius 1 is 1.33 bits per heavy atom. The monoisotopic (exact) mass is 227 g/mol. The molecule has 0 aliphatic carbocycles. The third-order valence-electron chi connectivity index (χ3n) is 2.57. The first-order valence-corrected chi connectivity index (χ1v) is 5.67. The van der Waals surface area contributed by atoms with E-state index in [4.69, 9.17) is 16.7 Å². The predicted molar refractivity (Wildman–Crippen MR) is 64.2 cm³/mol. The van der Waals surface area contributed by atoms with Crippen LogP contribution in [0.25, 0.3) is 0 Å². The maximum Gasteiger partial charge on any atom is 0.0584 e. The number of halogens is 1. The normalized spacial score (nSPS) is 14.9. The molecular weight excluding hydrogens is 210 g/mol. The lowest BCUT2D eigenvalue weighted by atomic mass is 10.1. The first-order valence-electron chi connectivity index (χ1n) is 5.29. The van der Waals surface area contributed by atoms with Gasteiger partial charge >= 0.3 is 0 Å². The van der Waals surface area contributed by atoms with Gasteiger partial charge < -0.3 is 10.4 Å². The van der Waals surface area contributed by atoms with Gasteiger partial charge in [-0.2, -0.15) is 0 Å². The molecule has 1 aromatic rings. The van der Waals surface area contributed by atoms with Crippen LogP contribution in [0.15, 0.2) is 24.3 Å². The molecule has 0 fully saturated rings. The van der Waals surface area contributed by atoms with E-state index < -0.39 is 0 Å². The Labute approximate surface area is 96.3 Å². The molecule has 0 saturated heterocycles. The van der Waals surface area contributed by atoms with Gasteiger partial charge in [0, 0.05) is 17.1 Å². The number of benzene rings is 1. The summed E-state index contributed by atoms with van der Waals surface area (Å²) in [4.78, 5) is 0. The van der Waals surface area contributed by atoms with Crippen molar-refractivity contribution < 1.29 is 5.11 Å². The molecule has 0 bridgehead atoms. The van der Waals surface area contributed by atoms with Crippen molar-refractivity contribution in [3.63, 3.8) is 0 Å². The van der Waals surface area contributed by atoms with Crippen LogP contribution in [0, 0.1) is 0 Å². The minimum atomic E-state index is 0.163. The molecule has 0 aromatic heterocycles. The van der Waals surface area contributed by atoms with E-state index in [-0.39, 0.29) is 18.7 Å². The van der Waals surface area contributed by atoms with E-state index >= 15 is 0 Å². The van der Waals surface area contributed by atoms with Gasteiger partial charge in [0.1, 0.15) is 0 Å². The molecular formula is C12H18ClNO. The van der Waals surface area contributed by atoms with Gasteiger partial charge in [-0.25, -0.2) is 0 Å². The largest absolute Gasteiger partial charge is 0.395 e. The lowest BCUT2D eigenvalue weighted by Gasteiger charge is -2.20. The van der Waals surface area contributed by atoms with E-state index in [2.05, 4.69) is 19.2 Å². The quantitative estimate of drug-likeness (QED) is 0.811. The fourth-order valence-corrected chi connectivity index (χ4v) is 1.63. The summed E-state index contributed by atoms with van der Waals surface area (Å²) in [5.74, 6) is 0. The van der Waals surface area contributed by atoms with Crippen molar-refractivity contribution in [2.24, 2.45) is 0 Å². The highest BCUT2D eigenvalue weighted by Gasteiger charge is 2.10. The maximum absolute atomic E-state index is 9.08. The molecule has 0 saturated carbocycles. The van der Waals surface area contributed by atoms with Gasteiger partial charge in [0.05, 0.1) is 6.61 Å². The molecule has 0 unspecified atom stereocenters. The van der Waals surface area contributed by atoms with Gasteiger partial charge in [-0.1, -0.05) is 30.7 Å². The van der Waals surface area contributed by atoms with Crippen LogP contribution in [0.4, 0.5) is 0 Å². The molecule has 0 radical (unpaired) electrons. The Balaban J connectivity index is 2.60. The second-order valence-electron chi connectivity index (χ2n) is 3.73. The molecule has 0 spiro atoms. The van der Waals surface area contributed by atoms with E-state index in [0.717, 1.165) is 11.4 Å². The summed E-state index contributed by atoms with van der Waals surface area (Å²) in [5, 5.41) is 13.2. The Hall–Kier alpha value is -0.570. The van der Waals surface area contributed by atoms with Gasteiger partial charge in [0.15, 0.2) is 0 Å². The van der Waals surface area contributed by atoms with Crippen LogP contribution < -0.4 is 5.32 Å². The van der Waals surface area contributed by atoms with Crippen molar-refractivity contribution in [2.75, 3.05) is 6.61 Å². The second-order valence-corrected chi connectivity index (χ2v) is 4.16. The van der Waals surface area contributed by atoms with E-state index in [1.54, 1.807) is 0 Å². The molecule has 0 aliphatic rings. The maximum atomic E-state index is 9.08. The third-order valence-corrected chi connectivity index (χ3v) is 2.82. The Bertz CT molecular complexity index is 282. The summed E-state index contributed by atoms with van der Waals surface area (Å²) in [6.07, 6.45) is 0.925. The molecule has 84 valence electrons. The number of nitrogens with one attached hydrogen (secondary N) is 1. The molecule has 1 aromatic carbocycles. The molecule has 3 heteroatoms. The van der Waals surface area contributed by atoms with Crippen LogP contribution in [-0.2, 0) is 0 Å². The standard InChI is InChI=1S/C12H18ClNO/c1-3-12(8-15)14-9(2)10-4-6-11(13)7-5-10/h4-7,9,12,14-15H,3,8H2,1-2H3/t9-,12-/m0/s1. The predicted octanol–water partition coefficient (Wildman–Crippen LogP) is 2.76. The number of hydrogen-bond acceptors (Lipinski definition) is 2. The molecule has 15 heavy (non-hydrogen) atoms. The van der Waals surface area contributed by atoms with Gasteiger partial charge in [-0.15, -0.1) is 0 Å². The molecule has 0 amide bonds. The lowest BCUT2D eigenvalue weighted by molar-refractivity contribution is 0.230. The van der Waals surface area contributed by atoms with Crippen LogP contribution in [0.5, 0.6) is 0 Å². The summed E-state index contributed by atoms with van der Waals surface area (Å²) in [5.41, 5.74) is 1.19. The van der Waals surface area contributed by atoms with E-state index in [1.807, 2.05) is 24.3 Å². The minimum absolute atomic E-state index is 0.163. The first-order chi connectivity index (χ1) is 7.17. The topological polar surface area (TPSA) is 32.3 Å². The molecule has 0 heterocycles. The minimum Gasteiger partial charge on any atom is -0.395 e. The molecule has 0 aliphatic heterocycles. The highest BCUT2D eigenvalue weighted by Crippen LogP contribution is 2.16. The van der Waals surface area contributed by atoms with E-state index in [0.29, 0.717) is 0 Å². The highest BCUT2D eigenvalue weighted by molar-refractivity contribution is 6.30. The number of hydrogen-bond donors (Lipinski definition) is 2.